The Kier molecular flexibility index (Phi) is 4.88. The minimum atomic E-state index is -2.87. The van der Waals surface area contributed by atoms with Crippen LogP contribution in [0.25, 0.3) is 0 Å². The van der Waals surface area contributed by atoms with Crippen LogP contribution in [0.4, 0.5) is 0 Å². The summed E-state index contributed by atoms with van der Waals surface area (Å²) in [6, 6.07) is 5.64. The van der Waals surface area contributed by atoms with Crippen LogP contribution in [-0.4, -0.2) is 74.5 Å². The molecule has 3 aliphatic heterocycles. The molecule has 3 heterocycles. The SMILES string of the molecule is O=C([C@@H]1COc2ccc(Cl)cc2C1)N1CCN([C@@H]2CCS(=O)(=O)C2)CC1. The molecule has 26 heavy (non-hydrogen) atoms. The number of benzene rings is 1. The molecule has 1 amide bonds. The van der Waals surface area contributed by atoms with E-state index in [9.17, 15) is 13.2 Å². The molecule has 2 atom stereocenters. The average molecular weight is 399 g/mol. The highest BCUT2D eigenvalue weighted by Gasteiger charge is 2.36. The molecule has 0 radical (unpaired) electrons. The first kappa shape index (κ1) is 18.1. The number of hydrogen-bond acceptors (Lipinski definition) is 5. The molecule has 0 spiro atoms. The Hall–Kier alpha value is -1.31. The fraction of sp³-hybridized carbons (Fsp3) is 0.611. The van der Waals surface area contributed by atoms with Gasteiger partial charge < -0.3 is 9.64 Å². The van der Waals surface area contributed by atoms with Crippen molar-refractivity contribution in [1.29, 1.82) is 0 Å². The molecule has 0 saturated carbocycles. The fourth-order valence-corrected chi connectivity index (χ4v) is 6.11. The molecule has 0 bridgehead atoms. The molecular weight excluding hydrogens is 376 g/mol. The first-order valence-corrected chi connectivity index (χ1v) is 11.3. The van der Waals surface area contributed by atoms with E-state index in [1.165, 1.54) is 0 Å². The Morgan fingerprint density at radius 1 is 1.19 bits per heavy atom. The van der Waals surface area contributed by atoms with Gasteiger partial charge in [-0.1, -0.05) is 11.6 Å². The van der Waals surface area contributed by atoms with Crippen molar-refractivity contribution in [1.82, 2.24) is 9.80 Å². The Morgan fingerprint density at radius 3 is 2.65 bits per heavy atom. The highest BCUT2D eigenvalue weighted by atomic mass is 35.5. The highest BCUT2D eigenvalue weighted by molar-refractivity contribution is 7.91. The third kappa shape index (κ3) is 3.70. The number of carbonyl (C=O) groups excluding carboxylic acids is 1. The zero-order valence-corrected chi connectivity index (χ0v) is 16.1. The summed E-state index contributed by atoms with van der Waals surface area (Å²) in [7, 11) is -2.87. The summed E-state index contributed by atoms with van der Waals surface area (Å²) in [5.74, 6) is 1.30. The lowest BCUT2D eigenvalue weighted by Crippen LogP contribution is -2.54. The van der Waals surface area contributed by atoms with Gasteiger partial charge in [0, 0.05) is 37.2 Å². The van der Waals surface area contributed by atoms with Crippen molar-refractivity contribution < 1.29 is 17.9 Å². The van der Waals surface area contributed by atoms with Crippen molar-refractivity contribution in [3.63, 3.8) is 0 Å². The van der Waals surface area contributed by atoms with E-state index < -0.39 is 9.84 Å². The maximum Gasteiger partial charge on any atom is 0.229 e. The lowest BCUT2D eigenvalue weighted by molar-refractivity contribution is -0.139. The van der Waals surface area contributed by atoms with E-state index in [4.69, 9.17) is 16.3 Å². The first-order valence-electron chi connectivity index (χ1n) is 9.06. The van der Waals surface area contributed by atoms with Crippen molar-refractivity contribution in [2.24, 2.45) is 5.92 Å². The van der Waals surface area contributed by atoms with Crippen LogP contribution < -0.4 is 4.74 Å². The minimum absolute atomic E-state index is 0.115. The maximum atomic E-state index is 12.9. The largest absolute Gasteiger partial charge is 0.492 e. The standard InChI is InChI=1S/C18H23ClN2O4S/c19-15-1-2-17-13(10-15)9-14(11-25-17)18(22)21-6-4-20(5-7-21)16-3-8-26(23,24)12-16/h1-2,10,14,16H,3-9,11-12H2/t14-,16+/m0/s1. The average Bonchev–Trinajstić information content (AvgIpc) is 3.00. The van der Waals surface area contributed by atoms with E-state index in [-0.39, 0.29) is 29.4 Å². The number of ether oxygens (including phenoxy) is 1. The van der Waals surface area contributed by atoms with Crippen molar-refractivity contribution in [2.75, 3.05) is 44.3 Å². The van der Waals surface area contributed by atoms with E-state index in [1.54, 1.807) is 6.07 Å². The summed E-state index contributed by atoms with van der Waals surface area (Å²) >= 11 is 6.05. The molecule has 3 aliphatic rings. The van der Waals surface area contributed by atoms with Gasteiger partial charge in [0.2, 0.25) is 5.91 Å². The smallest absolute Gasteiger partial charge is 0.229 e. The molecule has 142 valence electrons. The molecular formula is C18H23ClN2O4S. The van der Waals surface area contributed by atoms with Crippen molar-refractivity contribution in [3.05, 3.63) is 28.8 Å². The fourth-order valence-electron chi connectivity index (χ4n) is 4.15. The van der Waals surface area contributed by atoms with Crippen LogP contribution in [0.15, 0.2) is 18.2 Å². The van der Waals surface area contributed by atoms with Crippen LogP contribution >= 0.6 is 11.6 Å². The van der Waals surface area contributed by atoms with Gasteiger partial charge in [-0.25, -0.2) is 8.42 Å². The Morgan fingerprint density at radius 2 is 1.96 bits per heavy atom. The number of rotatable bonds is 2. The van der Waals surface area contributed by atoms with E-state index in [1.807, 2.05) is 17.0 Å². The summed E-state index contributed by atoms with van der Waals surface area (Å²) in [6.07, 6.45) is 1.36. The summed E-state index contributed by atoms with van der Waals surface area (Å²) in [4.78, 5) is 17.0. The number of sulfone groups is 1. The molecule has 0 unspecified atom stereocenters. The zero-order valence-electron chi connectivity index (χ0n) is 14.6. The summed E-state index contributed by atoms with van der Waals surface area (Å²) in [6.45, 7) is 3.17. The minimum Gasteiger partial charge on any atom is -0.492 e. The Balaban J connectivity index is 1.34. The third-order valence-electron chi connectivity index (χ3n) is 5.63. The number of amides is 1. The van der Waals surface area contributed by atoms with Crippen molar-refractivity contribution in [3.8, 4) is 5.75 Å². The molecule has 1 aromatic rings. The van der Waals surface area contributed by atoms with Gasteiger partial charge in [-0.3, -0.25) is 9.69 Å². The second-order valence-electron chi connectivity index (χ2n) is 7.38. The van der Waals surface area contributed by atoms with E-state index in [2.05, 4.69) is 4.90 Å². The Labute approximate surface area is 159 Å². The van der Waals surface area contributed by atoms with Gasteiger partial charge in [0.05, 0.1) is 17.4 Å². The number of hydrogen-bond donors (Lipinski definition) is 0. The van der Waals surface area contributed by atoms with Crippen molar-refractivity contribution in [2.45, 2.75) is 18.9 Å². The molecule has 0 N–H and O–H groups in total. The van der Waals surface area contributed by atoms with Crippen LogP contribution in [0.2, 0.25) is 5.02 Å². The van der Waals surface area contributed by atoms with Crippen LogP contribution in [0.3, 0.4) is 0 Å². The predicted molar refractivity (Wildman–Crippen MR) is 99.4 cm³/mol. The van der Waals surface area contributed by atoms with Gasteiger partial charge in [-0.2, -0.15) is 0 Å². The second-order valence-corrected chi connectivity index (χ2v) is 10.0. The first-order chi connectivity index (χ1) is 12.4. The highest BCUT2D eigenvalue weighted by Crippen LogP contribution is 2.30. The van der Waals surface area contributed by atoms with E-state index in [0.29, 0.717) is 37.6 Å². The summed E-state index contributed by atoms with van der Waals surface area (Å²) in [5, 5.41) is 0.653. The number of piperazine rings is 1. The van der Waals surface area contributed by atoms with Gasteiger partial charge in [0.1, 0.15) is 12.4 Å². The van der Waals surface area contributed by atoms with E-state index >= 15 is 0 Å². The number of fused-ring (bicyclic) bond motifs is 1. The lowest BCUT2D eigenvalue weighted by Gasteiger charge is -2.39. The van der Waals surface area contributed by atoms with Gasteiger partial charge >= 0.3 is 0 Å². The van der Waals surface area contributed by atoms with Crippen LogP contribution in [-0.2, 0) is 21.1 Å². The molecule has 2 saturated heterocycles. The molecule has 4 rings (SSSR count). The molecule has 8 heteroatoms. The van der Waals surface area contributed by atoms with Crippen molar-refractivity contribution >= 4 is 27.3 Å². The zero-order chi connectivity index (χ0) is 18.3. The van der Waals surface area contributed by atoms with Gasteiger partial charge in [0.25, 0.3) is 0 Å². The molecule has 1 aromatic carbocycles. The second kappa shape index (κ2) is 7.02. The number of carbonyl (C=O) groups is 1. The Bertz CT molecular complexity index is 805. The summed E-state index contributed by atoms with van der Waals surface area (Å²) in [5.41, 5.74) is 0.983. The van der Waals surface area contributed by atoms with Gasteiger partial charge in [-0.15, -0.1) is 0 Å². The normalized spacial score (nSPS) is 28.4. The molecule has 6 nitrogen and oxygen atoms in total. The number of nitrogens with zero attached hydrogens (tertiary/aromatic N) is 2. The van der Waals surface area contributed by atoms with E-state index in [0.717, 1.165) is 24.4 Å². The third-order valence-corrected chi connectivity index (χ3v) is 7.61. The lowest BCUT2D eigenvalue weighted by atomic mass is 9.95. The topological polar surface area (TPSA) is 66.9 Å². The number of halogens is 1. The predicted octanol–water partition coefficient (Wildman–Crippen LogP) is 1.22. The van der Waals surface area contributed by atoms with Gasteiger partial charge in [0.15, 0.2) is 9.84 Å². The monoisotopic (exact) mass is 398 g/mol. The molecule has 0 aliphatic carbocycles. The molecule has 0 aromatic heterocycles. The summed E-state index contributed by atoms with van der Waals surface area (Å²) < 4.78 is 29.1. The maximum absolute atomic E-state index is 12.9. The van der Waals surface area contributed by atoms with Gasteiger partial charge in [-0.05, 0) is 36.6 Å². The van der Waals surface area contributed by atoms with Crippen LogP contribution in [0.1, 0.15) is 12.0 Å². The van der Waals surface area contributed by atoms with Crippen LogP contribution in [0, 0.1) is 5.92 Å². The van der Waals surface area contributed by atoms with Crippen LogP contribution in [0.5, 0.6) is 5.75 Å². The quantitative estimate of drug-likeness (QED) is 0.749. The molecule has 2 fully saturated rings.